The summed E-state index contributed by atoms with van der Waals surface area (Å²) in [4.78, 5) is 22.3. The molecule has 0 saturated heterocycles. The molecule has 0 aliphatic rings. The molecule has 0 atom stereocenters. The van der Waals surface area contributed by atoms with E-state index in [0.29, 0.717) is 10.8 Å². The first-order chi connectivity index (χ1) is 7.25. The summed E-state index contributed by atoms with van der Waals surface area (Å²) in [6, 6.07) is 0. The molecule has 76 valence electrons. The Kier molecular flexibility index (Phi) is 2.55. The smallest absolute Gasteiger partial charge is 0.347 e. The Morgan fingerprint density at radius 2 is 2.07 bits per heavy atom. The molecule has 0 fully saturated rings. The van der Waals surface area contributed by atoms with Crippen molar-refractivity contribution in [3.05, 3.63) is 29.8 Å². The molecule has 0 saturated carbocycles. The molecule has 0 radical (unpaired) electrons. The van der Waals surface area contributed by atoms with Crippen LogP contribution < -0.4 is 5.32 Å². The number of carboxylic acid groups (broad SMARTS) is 1. The number of thiazole rings is 1. The number of anilines is 2. The molecule has 2 rings (SSSR count). The molecule has 2 aromatic rings. The van der Waals surface area contributed by atoms with Gasteiger partial charge in [-0.25, -0.2) is 19.7 Å². The van der Waals surface area contributed by atoms with Gasteiger partial charge >= 0.3 is 5.97 Å². The minimum Gasteiger partial charge on any atom is -0.477 e. The molecule has 0 aliphatic heterocycles. The van der Waals surface area contributed by atoms with Gasteiger partial charge in [-0.3, -0.25) is 0 Å². The van der Waals surface area contributed by atoms with E-state index in [0.717, 1.165) is 11.3 Å². The molecule has 0 aromatic carbocycles. The molecule has 15 heavy (non-hydrogen) atoms. The summed E-state index contributed by atoms with van der Waals surface area (Å²) < 4.78 is 0. The number of carboxylic acids is 1. The van der Waals surface area contributed by atoms with E-state index in [1.54, 1.807) is 12.4 Å². The van der Waals surface area contributed by atoms with Crippen molar-refractivity contribution >= 4 is 28.1 Å². The minimum absolute atomic E-state index is 0.189. The number of aromatic carboxylic acids is 1. The normalized spacial score (nSPS) is 9.87. The third-order valence-corrected chi connectivity index (χ3v) is 2.43. The highest BCUT2D eigenvalue weighted by Gasteiger charge is 2.08. The zero-order valence-electron chi connectivity index (χ0n) is 7.41. The van der Waals surface area contributed by atoms with Crippen LogP contribution in [-0.4, -0.2) is 26.0 Å². The maximum atomic E-state index is 10.6. The van der Waals surface area contributed by atoms with E-state index in [-0.39, 0.29) is 4.88 Å². The summed E-state index contributed by atoms with van der Waals surface area (Å²) in [5.74, 6) is -0.982. The van der Waals surface area contributed by atoms with Crippen molar-refractivity contribution in [2.24, 2.45) is 0 Å². The molecular formula is C8H6N4O2S. The van der Waals surface area contributed by atoms with Gasteiger partial charge in [0.1, 0.15) is 11.2 Å². The highest BCUT2D eigenvalue weighted by molar-refractivity contribution is 7.17. The molecule has 2 heterocycles. The predicted molar refractivity (Wildman–Crippen MR) is 54.4 cm³/mol. The van der Waals surface area contributed by atoms with Gasteiger partial charge in [-0.05, 0) is 0 Å². The van der Waals surface area contributed by atoms with E-state index in [1.165, 1.54) is 12.5 Å². The third kappa shape index (κ3) is 2.26. The van der Waals surface area contributed by atoms with Crippen molar-refractivity contribution in [1.82, 2.24) is 15.0 Å². The summed E-state index contributed by atoms with van der Waals surface area (Å²) in [7, 11) is 0. The molecular weight excluding hydrogens is 216 g/mol. The van der Waals surface area contributed by atoms with E-state index in [1.807, 2.05) is 0 Å². The standard InChI is InChI=1S/C8H6N4O2S/c13-7(14)6-3-11-8(15-6)12-5-1-9-4-10-2-5/h1-4H,(H,11,12)(H,13,14). The summed E-state index contributed by atoms with van der Waals surface area (Å²) in [6.45, 7) is 0. The van der Waals surface area contributed by atoms with Crippen molar-refractivity contribution in [2.45, 2.75) is 0 Å². The second-order valence-corrected chi connectivity index (χ2v) is 3.62. The fourth-order valence-corrected chi connectivity index (χ4v) is 1.59. The number of hydrogen-bond acceptors (Lipinski definition) is 6. The highest BCUT2D eigenvalue weighted by Crippen LogP contribution is 2.21. The Morgan fingerprint density at radius 1 is 1.33 bits per heavy atom. The van der Waals surface area contributed by atoms with Gasteiger partial charge in [-0.15, -0.1) is 0 Å². The topological polar surface area (TPSA) is 88.0 Å². The largest absolute Gasteiger partial charge is 0.477 e. The van der Waals surface area contributed by atoms with Crippen molar-refractivity contribution in [3.8, 4) is 0 Å². The van der Waals surface area contributed by atoms with Gasteiger partial charge in [-0.2, -0.15) is 0 Å². The van der Waals surface area contributed by atoms with Gasteiger partial charge in [-0.1, -0.05) is 11.3 Å². The fraction of sp³-hybridized carbons (Fsp3) is 0. The van der Waals surface area contributed by atoms with Crippen LogP contribution in [0.1, 0.15) is 9.67 Å². The SMILES string of the molecule is O=C(O)c1cnc(Nc2cncnc2)s1. The maximum absolute atomic E-state index is 10.6. The van der Waals surface area contributed by atoms with Crippen LogP contribution in [0.2, 0.25) is 0 Å². The van der Waals surface area contributed by atoms with E-state index < -0.39 is 5.97 Å². The molecule has 2 aromatic heterocycles. The lowest BCUT2D eigenvalue weighted by molar-refractivity contribution is 0.0702. The number of hydrogen-bond donors (Lipinski definition) is 2. The van der Waals surface area contributed by atoms with Crippen molar-refractivity contribution < 1.29 is 9.90 Å². The van der Waals surface area contributed by atoms with Crippen molar-refractivity contribution in [3.63, 3.8) is 0 Å². The lowest BCUT2D eigenvalue weighted by Gasteiger charge is -1.98. The Morgan fingerprint density at radius 3 is 2.67 bits per heavy atom. The van der Waals surface area contributed by atoms with Crippen LogP contribution in [0.15, 0.2) is 24.9 Å². The van der Waals surface area contributed by atoms with E-state index >= 15 is 0 Å². The summed E-state index contributed by atoms with van der Waals surface area (Å²) >= 11 is 1.06. The molecule has 7 heteroatoms. The van der Waals surface area contributed by atoms with Crippen LogP contribution in [0, 0.1) is 0 Å². The van der Waals surface area contributed by atoms with Crippen LogP contribution in [-0.2, 0) is 0 Å². The monoisotopic (exact) mass is 222 g/mol. The minimum atomic E-state index is -0.982. The second kappa shape index (κ2) is 4.01. The summed E-state index contributed by atoms with van der Waals surface area (Å²) in [5, 5.41) is 12.1. The maximum Gasteiger partial charge on any atom is 0.347 e. The Balaban J connectivity index is 2.15. The quantitative estimate of drug-likeness (QED) is 0.815. The predicted octanol–water partition coefficient (Wildman–Crippen LogP) is 1.37. The van der Waals surface area contributed by atoms with Gasteiger partial charge in [0.05, 0.1) is 24.3 Å². The van der Waals surface area contributed by atoms with E-state index in [9.17, 15) is 4.79 Å². The second-order valence-electron chi connectivity index (χ2n) is 2.59. The molecule has 2 N–H and O–H groups in total. The lowest BCUT2D eigenvalue weighted by atomic mass is 10.5. The molecule has 0 spiro atoms. The molecule has 6 nitrogen and oxygen atoms in total. The zero-order valence-corrected chi connectivity index (χ0v) is 8.23. The lowest BCUT2D eigenvalue weighted by Crippen LogP contribution is -1.90. The van der Waals surface area contributed by atoms with Crippen LogP contribution in [0.4, 0.5) is 10.8 Å². The van der Waals surface area contributed by atoms with Gasteiger partial charge in [0.2, 0.25) is 0 Å². The van der Waals surface area contributed by atoms with Crippen molar-refractivity contribution in [1.29, 1.82) is 0 Å². The number of aromatic nitrogens is 3. The van der Waals surface area contributed by atoms with Crippen LogP contribution in [0.5, 0.6) is 0 Å². The average Bonchev–Trinajstić information content (AvgIpc) is 2.68. The Hall–Kier alpha value is -2.02. The average molecular weight is 222 g/mol. The van der Waals surface area contributed by atoms with E-state index in [2.05, 4.69) is 20.3 Å². The first kappa shape index (κ1) is 9.53. The van der Waals surface area contributed by atoms with Gasteiger partial charge < -0.3 is 10.4 Å². The highest BCUT2D eigenvalue weighted by atomic mass is 32.1. The number of rotatable bonds is 3. The molecule has 0 bridgehead atoms. The summed E-state index contributed by atoms with van der Waals surface area (Å²) in [5.41, 5.74) is 0.670. The molecule has 0 aliphatic carbocycles. The fourth-order valence-electron chi connectivity index (χ4n) is 0.918. The van der Waals surface area contributed by atoms with Crippen LogP contribution >= 0.6 is 11.3 Å². The van der Waals surface area contributed by atoms with E-state index in [4.69, 9.17) is 5.11 Å². The van der Waals surface area contributed by atoms with Crippen LogP contribution in [0.3, 0.4) is 0 Å². The first-order valence-electron chi connectivity index (χ1n) is 3.97. The number of nitrogens with one attached hydrogen (secondary N) is 1. The Bertz CT molecular complexity index is 471. The van der Waals surface area contributed by atoms with Gasteiger partial charge in [0, 0.05) is 0 Å². The molecule has 0 amide bonds. The van der Waals surface area contributed by atoms with Crippen molar-refractivity contribution in [2.75, 3.05) is 5.32 Å². The number of nitrogens with zero attached hydrogens (tertiary/aromatic N) is 3. The third-order valence-electron chi connectivity index (χ3n) is 1.53. The molecule has 0 unspecified atom stereocenters. The number of carbonyl (C=O) groups is 1. The first-order valence-corrected chi connectivity index (χ1v) is 4.78. The summed E-state index contributed by atoms with van der Waals surface area (Å²) in [6.07, 6.45) is 5.87. The van der Waals surface area contributed by atoms with Gasteiger partial charge in [0.15, 0.2) is 5.13 Å². The van der Waals surface area contributed by atoms with Gasteiger partial charge in [0.25, 0.3) is 0 Å². The van der Waals surface area contributed by atoms with Crippen LogP contribution in [0.25, 0.3) is 0 Å². The zero-order chi connectivity index (χ0) is 10.7. The Labute approximate surface area is 88.7 Å².